The molecule has 0 unspecified atom stereocenters. The molecule has 188 valence electrons. The monoisotopic (exact) mass is 497 g/mol. The first kappa shape index (κ1) is 26.1. The number of hydrogen-bond acceptors (Lipinski definition) is 6. The zero-order valence-corrected chi connectivity index (χ0v) is 20.1. The van der Waals surface area contributed by atoms with Crippen molar-refractivity contribution in [1.82, 2.24) is 0 Å². The van der Waals surface area contributed by atoms with Crippen LogP contribution in [0.2, 0.25) is 0 Å². The summed E-state index contributed by atoms with van der Waals surface area (Å²) in [5, 5.41) is 13.3. The number of anilines is 1. The van der Waals surface area contributed by atoms with Crippen molar-refractivity contribution in [3.63, 3.8) is 0 Å². The molecule has 0 saturated heterocycles. The molecule has 3 rings (SSSR count). The van der Waals surface area contributed by atoms with Gasteiger partial charge in [0, 0.05) is 11.6 Å². The molecule has 3 aromatic rings. The Balaban J connectivity index is 1.92. The van der Waals surface area contributed by atoms with Gasteiger partial charge in [0.15, 0.2) is 34.6 Å². The molecule has 9 heteroatoms. The molecule has 7 nitrogen and oxygen atoms in total. The number of methoxy groups -OCH3 is 4. The second-order valence-electron chi connectivity index (χ2n) is 7.37. The Morgan fingerprint density at radius 2 is 1.44 bits per heavy atom. The molecule has 0 heterocycles. The fraction of sp³-hybridized carbons (Fsp3) is 0.148. The van der Waals surface area contributed by atoms with Crippen molar-refractivity contribution >= 4 is 29.8 Å². The molecule has 0 radical (unpaired) electrons. The van der Waals surface area contributed by atoms with Crippen molar-refractivity contribution in [3.8, 4) is 28.7 Å². The maximum absolute atomic E-state index is 13.4. The Labute approximate surface area is 207 Å². The Kier molecular flexibility index (Phi) is 8.51. The Bertz CT molecular complexity index is 1290. The van der Waals surface area contributed by atoms with Crippen molar-refractivity contribution in [2.75, 3.05) is 33.8 Å². The summed E-state index contributed by atoms with van der Waals surface area (Å²) in [4.78, 5) is 12.6. The van der Waals surface area contributed by atoms with Crippen LogP contribution in [0.5, 0.6) is 28.7 Å². The smallest absolute Gasteiger partial charge is 0.248 e. The number of ether oxygens (including phenoxy) is 4. The van der Waals surface area contributed by atoms with Gasteiger partial charge in [-0.25, -0.2) is 8.78 Å². The number of aromatic hydroxyl groups is 1. The van der Waals surface area contributed by atoms with Gasteiger partial charge in [-0.05, 0) is 53.6 Å². The van der Waals surface area contributed by atoms with Crippen molar-refractivity contribution in [3.05, 3.63) is 76.9 Å². The maximum Gasteiger partial charge on any atom is 0.248 e. The molecule has 0 saturated carbocycles. The summed E-state index contributed by atoms with van der Waals surface area (Å²) in [5.74, 6) is -1.37. The fourth-order valence-corrected chi connectivity index (χ4v) is 3.36. The molecule has 0 spiro atoms. The summed E-state index contributed by atoms with van der Waals surface area (Å²) in [5.41, 5.74) is 1.56. The average Bonchev–Trinajstić information content (AvgIpc) is 2.88. The van der Waals surface area contributed by atoms with Gasteiger partial charge in [0.1, 0.15) is 0 Å². The highest BCUT2D eigenvalue weighted by atomic mass is 19.2. The predicted octanol–water partition coefficient (Wildman–Crippen LogP) is 5.53. The van der Waals surface area contributed by atoms with Crippen molar-refractivity contribution < 1.29 is 37.6 Å². The highest BCUT2D eigenvalue weighted by Crippen LogP contribution is 2.40. The van der Waals surface area contributed by atoms with E-state index in [0.29, 0.717) is 33.9 Å². The lowest BCUT2D eigenvalue weighted by atomic mass is 10.1. The van der Waals surface area contributed by atoms with E-state index in [0.717, 1.165) is 18.2 Å². The first-order chi connectivity index (χ1) is 17.3. The number of phenols is 1. The number of carbonyl (C=O) groups excluding carboxylic acids is 1. The van der Waals surface area contributed by atoms with Gasteiger partial charge in [-0.2, -0.15) is 0 Å². The second-order valence-corrected chi connectivity index (χ2v) is 7.37. The van der Waals surface area contributed by atoms with Gasteiger partial charge in [-0.3, -0.25) is 4.79 Å². The predicted molar refractivity (Wildman–Crippen MR) is 134 cm³/mol. The molecule has 1 amide bonds. The molecule has 0 aliphatic rings. The molecule has 2 N–H and O–H groups in total. The fourth-order valence-electron chi connectivity index (χ4n) is 3.36. The molecule has 0 bridgehead atoms. The van der Waals surface area contributed by atoms with E-state index in [9.17, 15) is 18.7 Å². The topological polar surface area (TPSA) is 86.3 Å². The number of rotatable bonds is 9. The highest BCUT2D eigenvalue weighted by molar-refractivity contribution is 6.04. The summed E-state index contributed by atoms with van der Waals surface area (Å²) < 4.78 is 47.8. The van der Waals surface area contributed by atoms with Gasteiger partial charge in [-0.15, -0.1) is 0 Å². The van der Waals surface area contributed by atoms with Crippen LogP contribution in [0.3, 0.4) is 0 Å². The SMILES string of the molecule is COc1ccc(/C=C/c2cc(OC)c(OC)c(OC)c2)c(NC(=O)/C=C/c2ccc(F)c(F)c2)c1O. The minimum absolute atomic E-state index is 0.0954. The van der Waals surface area contributed by atoms with Crippen molar-refractivity contribution in [1.29, 1.82) is 0 Å². The highest BCUT2D eigenvalue weighted by Gasteiger charge is 2.15. The van der Waals surface area contributed by atoms with Crippen LogP contribution < -0.4 is 24.3 Å². The molecular formula is C27H25F2NO6. The molecule has 0 aliphatic carbocycles. The van der Waals surface area contributed by atoms with Crippen LogP contribution in [0.15, 0.2) is 48.5 Å². The van der Waals surface area contributed by atoms with Gasteiger partial charge in [0.2, 0.25) is 11.7 Å². The van der Waals surface area contributed by atoms with E-state index in [-0.39, 0.29) is 17.2 Å². The van der Waals surface area contributed by atoms with Crippen LogP contribution in [0.1, 0.15) is 16.7 Å². The number of phenolic OH excluding ortho intramolecular Hbond substituents is 1. The van der Waals surface area contributed by atoms with Gasteiger partial charge >= 0.3 is 0 Å². The van der Waals surface area contributed by atoms with E-state index in [1.807, 2.05) is 0 Å². The quantitative estimate of drug-likeness (QED) is 0.230. The number of nitrogens with one attached hydrogen (secondary N) is 1. The van der Waals surface area contributed by atoms with Gasteiger partial charge in [0.25, 0.3) is 0 Å². The number of amides is 1. The maximum atomic E-state index is 13.4. The molecule has 0 fully saturated rings. The Morgan fingerprint density at radius 1 is 0.778 bits per heavy atom. The number of hydrogen-bond donors (Lipinski definition) is 2. The second kappa shape index (κ2) is 11.7. The van der Waals surface area contributed by atoms with Crippen LogP contribution >= 0.6 is 0 Å². The zero-order valence-electron chi connectivity index (χ0n) is 20.1. The molecule has 3 aromatic carbocycles. The van der Waals surface area contributed by atoms with E-state index in [1.54, 1.807) is 36.4 Å². The average molecular weight is 497 g/mol. The largest absolute Gasteiger partial charge is 0.503 e. The van der Waals surface area contributed by atoms with E-state index >= 15 is 0 Å². The summed E-state index contributed by atoms with van der Waals surface area (Å²) >= 11 is 0. The molecule has 36 heavy (non-hydrogen) atoms. The lowest BCUT2D eigenvalue weighted by Gasteiger charge is -2.14. The number of benzene rings is 3. The van der Waals surface area contributed by atoms with Gasteiger partial charge < -0.3 is 29.4 Å². The summed E-state index contributed by atoms with van der Waals surface area (Å²) in [6.07, 6.45) is 5.87. The normalized spacial score (nSPS) is 11.1. The van der Waals surface area contributed by atoms with E-state index in [4.69, 9.17) is 18.9 Å². The van der Waals surface area contributed by atoms with E-state index < -0.39 is 17.5 Å². The van der Waals surface area contributed by atoms with Crippen LogP contribution in [-0.4, -0.2) is 39.5 Å². The standard InChI is InChI=1S/C27H25F2NO6/c1-33-21-11-9-18(8-5-17-14-22(34-2)27(36-4)23(15-17)35-3)25(26(21)32)30-24(31)12-7-16-6-10-19(28)20(29)13-16/h5-15,32H,1-4H3,(H,30,31)/b8-5+,12-7+. The van der Waals surface area contributed by atoms with Crippen LogP contribution in [0.25, 0.3) is 18.2 Å². The summed E-state index contributed by atoms with van der Waals surface area (Å²) in [7, 11) is 5.91. The van der Waals surface area contributed by atoms with Crippen molar-refractivity contribution in [2.24, 2.45) is 0 Å². The molecular weight excluding hydrogens is 472 g/mol. The third-order valence-corrected chi connectivity index (χ3v) is 5.15. The lowest BCUT2D eigenvalue weighted by molar-refractivity contribution is -0.111. The van der Waals surface area contributed by atoms with E-state index in [2.05, 4.69) is 5.32 Å². The molecule has 0 aromatic heterocycles. The number of halogens is 2. The molecule has 0 aliphatic heterocycles. The van der Waals surface area contributed by atoms with E-state index in [1.165, 1.54) is 40.6 Å². The van der Waals surface area contributed by atoms with Crippen LogP contribution in [0, 0.1) is 11.6 Å². The van der Waals surface area contributed by atoms with Gasteiger partial charge in [0.05, 0.1) is 34.1 Å². The Hall–Kier alpha value is -4.53. The van der Waals surface area contributed by atoms with Crippen LogP contribution in [-0.2, 0) is 4.79 Å². The van der Waals surface area contributed by atoms with Gasteiger partial charge in [-0.1, -0.05) is 18.2 Å². The third-order valence-electron chi connectivity index (χ3n) is 5.15. The van der Waals surface area contributed by atoms with Crippen LogP contribution in [0.4, 0.5) is 14.5 Å². The zero-order chi connectivity index (χ0) is 26.2. The first-order valence-corrected chi connectivity index (χ1v) is 10.6. The minimum atomic E-state index is -1.03. The van der Waals surface area contributed by atoms with Crippen molar-refractivity contribution in [2.45, 2.75) is 0 Å². The molecule has 0 atom stereocenters. The lowest BCUT2D eigenvalue weighted by Crippen LogP contribution is -2.09. The minimum Gasteiger partial charge on any atom is -0.503 e. The third kappa shape index (κ3) is 5.93. The first-order valence-electron chi connectivity index (χ1n) is 10.6. The Morgan fingerprint density at radius 3 is 2.03 bits per heavy atom. The summed E-state index contributed by atoms with van der Waals surface area (Å²) in [6, 6.07) is 9.95. The number of carbonyl (C=O) groups is 1. The summed E-state index contributed by atoms with van der Waals surface area (Å²) in [6.45, 7) is 0.